The Kier molecular flexibility index (Phi) is 2.43. The predicted octanol–water partition coefficient (Wildman–Crippen LogP) is 3.86. The molecule has 0 aliphatic heterocycles. The summed E-state index contributed by atoms with van der Waals surface area (Å²) in [4.78, 5) is 0. The first-order valence-electron chi connectivity index (χ1n) is 5.83. The lowest BCUT2D eigenvalue weighted by Crippen LogP contribution is -2.29. The molecule has 4 unspecified atom stereocenters. The van der Waals surface area contributed by atoms with Crippen LogP contribution in [0, 0.1) is 23.7 Å². The normalized spacial score (nSPS) is 47.5. The molecule has 0 aromatic heterocycles. The van der Waals surface area contributed by atoms with Gasteiger partial charge in [-0.3, -0.25) is 0 Å². The second-order valence-electron chi connectivity index (χ2n) is 4.98. The first-order valence-corrected chi connectivity index (χ1v) is 5.83. The van der Waals surface area contributed by atoms with Gasteiger partial charge in [0, 0.05) is 0 Å². The third-order valence-corrected chi connectivity index (χ3v) is 4.46. The largest absolute Gasteiger partial charge is 0.0651 e. The van der Waals surface area contributed by atoms with Crippen LogP contribution in [0.3, 0.4) is 0 Å². The molecule has 0 aromatic carbocycles. The molecule has 12 heavy (non-hydrogen) atoms. The highest BCUT2D eigenvalue weighted by Gasteiger charge is 2.38. The van der Waals surface area contributed by atoms with Gasteiger partial charge in [0.1, 0.15) is 0 Å². The number of hydrogen-bond acceptors (Lipinski definition) is 0. The van der Waals surface area contributed by atoms with Crippen LogP contribution in [0.5, 0.6) is 0 Å². The lowest BCUT2D eigenvalue weighted by atomic mass is 9.67. The molecule has 2 rings (SSSR count). The fourth-order valence-electron chi connectivity index (χ4n) is 3.81. The summed E-state index contributed by atoms with van der Waals surface area (Å²) < 4.78 is 0. The fraction of sp³-hybridized carbons (Fsp3) is 1.00. The van der Waals surface area contributed by atoms with E-state index in [-0.39, 0.29) is 0 Å². The van der Waals surface area contributed by atoms with Crippen LogP contribution >= 0.6 is 0 Å². The van der Waals surface area contributed by atoms with Gasteiger partial charge in [-0.2, -0.15) is 0 Å². The smallest absolute Gasteiger partial charge is 0.0355 e. The van der Waals surface area contributed by atoms with Crippen molar-refractivity contribution >= 4 is 0 Å². The Labute approximate surface area is 76.7 Å². The average Bonchev–Trinajstić information content (AvgIpc) is 2.52. The second-order valence-corrected chi connectivity index (χ2v) is 4.98. The van der Waals surface area contributed by atoms with Crippen LogP contribution in [0.1, 0.15) is 52.4 Å². The molecule has 0 heteroatoms. The van der Waals surface area contributed by atoms with Gasteiger partial charge in [-0.15, -0.1) is 0 Å². The molecule has 0 radical (unpaired) electrons. The van der Waals surface area contributed by atoms with Crippen molar-refractivity contribution in [3.8, 4) is 0 Å². The summed E-state index contributed by atoms with van der Waals surface area (Å²) in [5.74, 6) is 4.35. The molecule has 0 aromatic rings. The molecule has 0 heterocycles. The maximum absolute atomic E-state index is 2.47. The zero-order valence-corrected chi connectivity index (χ0v) is 8.55. The summed E-state index contributed by atoms with van der Waals surface area (Å²) >= 11 is 0. The Morgan fingerprint density at radius 2 is 1.92 bits per heavy atom. The van der Waals surface area contributed by atoms with E-state index in [2.05, 4.69) is 13.8 Å². The Bertz CT molecular complexity index is 150. The van der Waals surface area contributed by atoms with Gasteiger partial charge in [-0.1, -0.05) is 39.5 Å². The number of rotatable bonds is 1. The van der Waals surface area contributed by atoms with Crippen molar-refractivity contribution < 1.29 is 0 Å². The summed E-state index contributed by atoms with van der Waals surface area (Å²) in [5, 5.41) is 0. The van der Waals surface area contributed by atoms with Crippen molar-refractivity contribution in [2.75, 3.05) is 0 Å². The molecular formula is C12H22. The van der Waals surface area contributed by atoms with Crippen molar-refractivity contribution in [2.24, 2.45) is 23.7 Å². The zero-order valence-electron chi connectivity index (χ0n) is 8.55. The van der Waals surface area contributed by atoms with E-state index < -0.39 is 0 Å². The van der Waals surface area contributed by atoms with Gasteiger partial charge in [0.15, 0.2) is 0 Å². The van der Waals surface area contributed by atoms with Crippen molar-refractivity contribution in [1.29, 1.82) is 0 Å². The van der Waals surface area contributed by atoms with Crippen molar-refractivity contribution in [1.82, 2.24) is 0 Å². The molecule has 2 saturated carbocycles. The van der Waals surface area contributed by atoms with Gasteiger partial charge < -0.3 is 0 Å². The maximum atomic E-state index is 2.47. The van der Waals surface area contributed by atoms with Crippen molar-refractivity contribution in [3.63, 3.8) is 0 Å². The third kappa shape index (κ3) is 1.30. The zero-order chi connectivity index (χ0) is 8.55. The molecule has 0 bridgehead atoms. The first kappa shape index (κ1) is 8.59. The molecule has 0 amide bonds. The minimum atomic E-state index is 1.02. The summed E-state index contributed by atoms with van der Waals surface area (Å²) in [6.45, 7) is 4.87. The molecule has 2 fully saturated rings. The van der Waals surface area contributed by atoms with E-state index in [0.29, 0.717) is 0 Å². The molecule has 0 spiro atoms. The van der Waals surface area contributed by atoms with E-state index >= 15 is 0 Å². The minimum absolute atomic E-state index is 1.02. The SMILES string of the molecule is CCC1C(C)CCC2CCCC21. The molecule has 2 aliphatic carbocycles. The van der Waals surface area contributed by atoms with Crippen LogP contribution in [0.4, 0.5) is 0 Å². The topological polar surface area (TPSA) is 0 Å². The standard InChI is InChI=1S/C12H22/c1-3-11-9(2)7-8-10-5-4-6-12(10)11/h9-12H,3-8H2,1-2H3. The van der Waals surface area contributed by atoms with Crippen LogP contribution in [0.2, 0.25) is 0 Å². The van der Waals surface area contributed by atoms with E-state index in [0.717, 1.165) is 23.7 Å². The van der Waals surface area contributed by atoms with E-state index in [4.69, 9.17) is 0 Å². The highest BCUT2D eigenvalue weighted by atomic mass is 14.4. The monoisotopic (exact) mass is 166 g/mol. The summed E-state index contributed by atoms with van der Waals surface area (Å²) in [6.07, 6.45) is 9.12. The van der Waals surface area contributed by atoms with Crippen molar-refractivity contribution in [2.45, 2.75) is 52.4 Å². The number of hydrogen-bond donors (Lipinski definition) is 0. The molecule has 0 nitrogen and oxygen atoms in total. The van der Waals surface area contributed by atoms with E-state index in [1.807, 2.05) is 0 Å². The maximum Gasteiger partial charge on any atom is -0.0355 e. The lowest BCUT2D eigenvalue weighted by Gasteiger charge is -2.38. The highest BCUT2D eigenvalue weighted by molar-refractivity contribution is 4.88. The van der Waals surface area contributed by atoms with Gasteiger partial charge in [0.05, 0.1) is 0 Å². The van der Waals surface area contributed by atoms with Gasteiger partial charge in [0.25, 0.3) is 0 Å². The second kappa shape index (κ2) is 3.40. The van der Waals surface area contributed by atoms with Gasteiger partial charge in [-0.05, 0) is 36.5 Å². The first-order chi connectivity index (χ1) is 5.83. The number of fused-ring (bicyclic) bond motifs is 1. The molecular weight excluding hydrogens is 144 g/mol. The molecule has 70 valence electrons. The lowest BCUT2D eigenvalue weighted by molar-refractivity contribution is 0.118. The highest BCUT2D eigenvalue weighted by Crippen LogP contribution is 2.48. The molecule has 0 N–H and O–H groups in total. The minimum Gasteiger partial charge on any atom is -0.0651 e. The summed E-state index contributed by atoms with van der Waals surface area (Å²) in [5.41, 5.74) is 0. The molecule has 4 atom stereocenters. The quantitative estimate of drug-likeness (QED) is 0.555. The third-order valence-electron chi connectivity index (χ3n) is 4.46. The Hall–Kier alpha value is 0. The van der Waals surface area contributed by atoms with Gasteiger partial charge >= 0.3 is 0 Å². The van der Waals surface area contributed by atoms with Gasteiger partial charge in [0.2, 0.25) is 0 Å². The molecule has 2 aliphatic rings. The Morgan fingerprint density at radius 3 is 2.67 bits per heavy atom. The predicted molar refractivity (Wildman–Crippen MR) is 53.0 cm³/mol. The molecule has 0 saturated heterocycles. The van der Waals surface area contributed by atoms with Crippen LogP contribution in [0.25, 0.3) is 0 Å². The van der Waals surface area contributed by atoms with E-state index in [1.54, 1.807) is 19.3 Å². The summed E-state index contributed by atoms with van der Waals surface area (Å²) in [7, 11) is 0. The Balaban J connectivity index is 2.06. The van der Waals surface area contributed by atoms with E-state index in [1.165, 1.54) is 19.3 Å². The van der Waals surface area contributed by atoms with Crippen LogP contribution in [-0.2, 0) is 0 Å². The summed E-state index contributed by atoms with van der Waals surface area (Å²) in [6, 6.07) is 0. The fourth-order valence-corrected chi connectivity index (χ4v) is 3.81. The van der Waals surface area contributed by atoms with Crippen LogP contribution < -0.4 is 0 Å². The van der Waals surface area contributed by atoms with Crippen LogP contribution in [-0.4, -0.2) is 0 Å². The Morgan fingerprint density at radius 1 is 1.08 bits per heavy atom. The van der Waals surface area contributed by atoms with E-state index in [9.17, 15) is 0 Å². The van der Waals surface area contributed by atoms with Crippen molar-refractivity contribution in [3.05, 3.63) is 0 Å². The average molecular weight is 166 g/mol. The van der Waals surface area contributed by atoms with Gasteiger partial charge in [-0.25, -0.2) is 0 Å². The van der Waals surface area contributed by atoms with Crippen LogP contribution in [0.15, 0.2) is 0 Å².